The monoisotopic (exact) mass is 403 g/mol. The summed E-state index contributed by atoms with van der Waals surface area (Å²) in [7, 11) is 0. The zero-order chi connectivity index (χ0) is 20.7. The van der Waals surface area contributed by atoms with E-state index in [0.717, 1.165) is 0 Å². The van der Waals surface area contributed by atoms with Crippen LogP contribution in [0.3, 0.4) is 0 Å². The lowest BCUT2D eigenvalue weighted by molar-refractivity contribution is -0.115. The average Bonchev–Trinajstić information content (AvgIpc) is 2.60. The first-order chi connectivity index (χ1) is 13.1. The molecule has 0 heterocycles. The quantitative estimate of drug-likeness (QED) is 0.701. The second kappa shape index (κ2) is 9.23. The van der Waals surface area contributed by atoms with E-state index in [2.05, 4.69) is 16.0 Å². The number of halogens is 1. The maximum Gasteiger partial charge on any atom is 0.408 e. The Morgan fingerprint density at radius 3 is 2.14 bits per heavy atom. The fourth-order valence-electron chi connectivity index (χ4n) is 2.14. The van der Waals surface area contributed by atoms with Crippen molar-refractivity contribution in [1.82, 2.24) is 5.32 Å². The SMILES string of the molecule is CC(C)(C)OC(=O)NCC(=O)Nc1ccc(NC(=O)c2cccc(Cl)c2)cc1. The minimum Gasteiger partial charge on any atom is -0.444 e. The number of alkyl carbamates (subject to hydrolysis) is 1. The summed E-state index contributed by atoms with van der Waals surface area (Å²) in [5.74, 6) is -0.692. The van der Waals surface area contributed by atoms with Gasteiger partial charge in [0.05, 0.1) is 0 Å². The van der Waals surface area contributed by atoms with E-state index in [4.69, 9.17) is 16.3 Å². The number of carbonyl (C=O) groups excluding carboxylic acids is 3. The Hall–Kier alpha value is -3.06. The predicted molar refractivity (Wildman–Crippen MR) is 109 cm³/mol. The third kappa shape index (κ3) is 7.28. The fraction of sp³-hybridized carbons (Fsp3) is 0.250. The standard InChI is InChI=1S/C20H22ClN3O4/c1-20(2,3)28-19(27)22-12-17(25)23-15-7-9-16(10-8-15)24-18(26)13-5-4-6-14(21)11-13/h4-11H,12H2,1-3H3,(H,22,27)(H,23,25)(H,24,26). The zero-order valence-corrected chi connectivity index (χ0v) is 16.6. The first-order valence-corrected chi connectivity index (χ1v) is 8.94. The summed E-state index contributed by atoms with van der Waals surface area (Å²) in [6.07, 6.45) is -0.665. The molecule has 0 radical (unpaired) electrons. The van der Waals surface area contributed by atoms with Crippen LogP contribution in [0.1, 0.15) is 31.1 Å². The zero-order valence-electron chi connectivity index (χ0n) is 15.8. The lowest BCUT2D eigenvalue weighted by Gasteiger charge is -2.19. The van der Waals surface area contributed by atoms with Gasteiger partial charge in [-0.05, 0) is 63.2 Å². The molecule has 0 saturated heterocycles. The summed E-state index contributed by atoms with van der Waals surface area (Å²) in [5.41, 5.74) is 0.899. The van der Waals surface area contributed by atoms with Crippen molar-refractivity contribution in [3.8, 4) is 0 Å². The third-order valence-corrected chi connectivity index (χ3v) is 3.54. The van der Waals surface area contributed by atoms with Gasteiger partial charge in [-0.3, -0.25) is 9.59 Å². The van der Waals surface area contributed by atoms with Crippen molar-refractivity contribution in [2.24, 2.45) is 0 Å². The molecule has 0 spiro atoms. The lowest BCUT2D eigenvalue weighted by atomic mass is 10.2. The van der Waals surface area contributed by atoms with E-state index in [9.17, 15) is 14.4 Å². The van der Waals surface area contributed by atoms with Crippen LogP contribution in [0, 0.1) is 0 Å². The molecule has 7 nitrogen and oxygen atoms in total. The summed E-state index contributed by atoms with van der Waals surface area (Å²) in [6.45, 7) is 4.99. The second-order valence-electron chi connectivity index (χ2n) is 6.95. The highest BCUT2D eigenvalue weighted by molar-refractivity contribution is 6.31. The van der Waals surface area contributed by atoms with Crippen molar-refractivity contribution >= 4 is 40.9 Å². The van der Waals surface area contributed by atoms with Gasteiger partial charge in [0.1, 0.15) is 12.1 Å². The lowest BCUT2D eigenvalue weighted by Crippen LogP contribution is -2.37. The van der Waals surface area contributed by atoms with Gasteiger partial charge in [0.15, 0.2) is 0 Å². The average molecular weight is 404 g/mol. The Balaban J connectivity index is 1.84. The molecule has 0 atom stereocenters. The van der Waals surface area contributed by atoms with Crippen LogP contribution in [0.4, 0.5) is 16.2 Å². The van der Waals surface area contributed by atoms with Crippen molar-refractivity contribution in [2.75, 3.05) is 17.2 Å². The summed E-state index contributed by atoms with van der Waals surface area (Å²) < 4.78 is 5.06. The van der Waals surface area contributed by atoms with Gasteiger partial charge in [-0.2, -0.15) is 0 Å². The number of benzene rings is 2. The van der Waals surface area contributed by atoms with E-state index in [1.165, 1.54) is 0 Å². The summed E-state index contributed by atoms with van der Waals surface area (Å²) >= 11 is 5.88. The van der Waals surface area contributed by atoms with Gasteiger partial charge in [0.25, 0.3) is 5.91 Å². The molecule has 0 aliphatic rings. The van der Waals surface area contributed by atoms with Gasteiger partial charge in [0.2, 0.25) is 5.91 Å². The Labute approximate surface area is 168 Å². The summed E-state index contributed by atoms with van der Waals surface area (Å²) in [6, 6.07) is 13.2. The maximum atomic E-state index is 12.2. The second-order valence-corrected chi connectivity index (χ2v) is 7.38. The molecule has 0 unspecified atom stereocenters. The van der Waals surface area contributed by atoms with Gasteiger partial charge in [-0.25, -0.2) is 4.79 Å². The van der Waals surface area contributed by atoms with Crippen LogP contribution >= 0.6 is 11.6 Å². The highest BCUT2D eigenvalue weighted by atomic mass is 35.5. The Kier molecular flexibility index (Phi) is 7.00. The molecule has 0 aliphatic heterocycles. The first-order valence-electron chi connectivity index (χ1n) is 8.56. The van der Waals surface area contributed by atoms with Crippen LogP contribution in [0.5, 0.6) is 0 Å². The number of amides is 3. The number of nitrogens with one attached hydrogen (secondary N) is 3. The fourth-order valence-corrected chi connectivity index (χ4v) is 2.33. The van der Waals surface area contributed by atoms with Crippen LogP contribution in [-0.2, 0) is 9.53 Å². The van der Waals surface area contributed by atoms with E-state index in [1.54, 1.807) is 69.3 Å². The Morgan fingerprint density at radius 1 is 0.964 bits per heavy atom. The van der Waals surface area contributed by atoms with Crippen molar-refractivity contribution in [1.29, 1.82) is 0 Å². The normalized spacial score (nSPS) is 10.7. The molecule has 2 aromatic rings. The molecular formula is C20H22ClN3O4. The van der Waals surface area contributed by atoms with Crippen molar-refractivity contribution in [3.05, 3.63) is 59.1 Å². The third-order valence-electron chi connectivity index (χ3n) is 3.31. The minimum absolute atomic E-state index is 0.220. The maximum absolute atomic E-state index is 12.2. The van der Waals surface area contributed by atoms with E-state index < -0.39 is 17.6 Å². The van der Waals surface area contributed by atoms with Crippen LogP contribution in [-0.4, -0.2) is 30.1 Å². The molecule has 0 aliphatic carbocycles. The molecule has 0 fully saturated rings. The molecule has 8 heteroatoms. The van der Waals surface area contributed by atoms with Gasteiger partial charge in [-0.1, -0.05) is 17.7 Å². The van der Waals surface area contributed by atoms with Gasteiger partial charge < -0.3 is 20.7 Å². The summed E-state index contributed by atoms with van der Waals surface area (Å²) in [5, 5.41) is 8.24. The Morgan fingerprint density at radius 2 is 1.57 bits per heavy atom. The molecule has 0 aromatic heterocycles. The van der Waals surface area contributed by atoms with Gasteiger partial charge in [0, 0.05) is 22.0 Å². The molecule has 0 bridgehead atoms. The van der Waals surface area contributed by atoms with Crippen LogP contribution in [0.25, 0.3) is 0 Å². The number of hydrogen-bond acceptors (Lipinski definition) is 4. The molecular weight excluding hydrogens is 382 g/mol. The molecule has 148 valence electrons. The number of ether oxygens (including phenoxy) is 1. The van der Waals surface area contributed by atoms with Crippen molar-refractivity contribution in [2.45, 2.75) is 26.4 Å². The minimum atomic E-state index is -0.665. The number of rotatable bonds is 5. The molecule has 28 heavy (non-hydrogen) atoms. The molecule has 2 aromatic carbocycles. The molecule has 3 N–H and O–H groups in total. The van der Waals surface area contributed by atoms with E-state index in [-0.39, 0.29) is 12.5 Å². The first kappa shape index (κ1) is 21.2. The summed E-state index contributed by atoms with van der Waals surface area (Å²) in [4.78, 5) is 35.6. The number of hydrogen-bond donors (Lipinski definition) is 3. The van der Waals surface area contributed by atoms with Crippen LogP contribution in [0.2, 0.25) is 5.02 Å². The van der Waals surface area contributed by atoms with Gasteiger partial charge >= 0.3 is 6.09 Å². The van der Waals surface area contributed by atoms with Gasteiger partial charge in [-0.15, -0.1) is 0 Å². The van der Waals surface area contributed by atoms with E-state index >= 15 is 0 Å². The Bertz CT molecular complexity index is 860. The van der Waals surface area contributed by atoms with Crippen molar-refractivity contribution < 1.29 is 19.1 Å². The number of anilines is 2. The number of carbonyl (C=O) groups is 3. The highest BCUT2D eigenvalue weighted by Crippen LogP contribution is 2.16. The van der Waals surface area contributed by atoms with Crippen LogP contribution in [0.15, 0.2) is 48.5 Å². The van der Waals surface area contributed by atoms with E-state index in [0.29, 0.717) is 22.0 Å². The molecule has 2 rings (SSSR count). The van der Waals surface area contributed by atoms with E-state index in [1.807, 2.05) is 0 Å². The predicted octanol–water partition coefficient (Wildman–Crippen LogP) is 4.06. The van der Waals surface area contributed by atoms with Crippen molar-refractivity contribution in [3.63, 3.8) is 0 Å². The highest BCUT2D eigenvalue weighted by Gasteiger charge is 2.16. The molecule has 0 saturated carbocycles. The largest absolute Gasteiger partial charge is 0.444 e. The molecule has 3 amide bonds. The van der Waals surface area contributed by atoms with Crippen LogP contribution < -0.4 is 16.0 Å². The smallest absolute Gasteiger partial charge is 0.408 e. The topological polar surface area (TPSA) is 96.5 Å².